The van der Waals surface area contributed by atoms with Crippen LogP contribution in [0.1, 0.15) is 33.6 Å². The molecule has 0 bridgehead atoms. The molecule has 0 amide bonds. The van der Waals surface area contributed by atoms with Gasteiger partial charge in [0.2, 0.25) is 0 Å². The standard InChI is InChI=1S/C6H12O2.C4H11N/c1-3-4-5-8-6(2)7;1-4-5(2)3/h3-5H2,1-2H3;4H2,1-3H3. The molecule has 0 rings (SSSR count). The molecule has 0 atom stereocenters. The molecular weight excluding hydrogens is 166 g/mol. The number of unbranched alkanes of at least 4 members (excludes halogenated alkanes) is 1. The molecule has 0 fully saturated rings. The smallest absolute Gasteiger partial charge is 0.302 e. The molecule has 0 spiro atoms. The summed E-state index contributed by atoms with van der Waals surface area (Å²) in [6.07, 6.45) is 2.05. The lowest BCUT2D eigenvalue weighted by Crippen LogP contribution is -2.08. The molecule has 0 N–H and O–H groups in total. The normalized spacial score (nSPS) is 9.08. The molecule has 0 radical (unpaired) electrons. The largest absolute Gasteiger partial charge is 0.466 e. The van der Waals surface area contributed by atoms with Crippen LogP contribution >= 0.6 is 0 Å². The summed E-state index contributed by atoms with van der Waals surface area (Å²) in [6.45, 7) is 7.32. The summed E-state index contributed by atoms with van der Waals surface area (Å²) in [5, 5.41) is 0. The molecule has 0 unspecified atom stereocenters. The van der Waals surface area contributed by atoms with Gasteiger partial charge in [0.05, 0.1) is 6.61 Å². The van der Waals surface area contributed by atoms with E-state index in [0.717, 1.165) is 19.4 Å². The van der Waals surface area contributed by atoms with Gasteiger partial charge in [-0.1, -0.05) is 20.3 Å². The number of carbonyl (C=O) groups excluding carboxylic acids is 1. The number of carbonyl (C=O) groups is 1. The Labute approximate surface area is 82.1 Å². The van der Waals surface area contributed by atoms with Crippen LogP contribution in [0.5, 0.6) is 0 Å². The van der Waals surface area contributed by atoms with E-state index in [-0.39, 0.29) is 5.97 Å². The van der Waals surface area contributed by atoms with Gasteiger partial charge in [-0.3, -0.25) is 4.79 Å². The van der Waals surface area contributed by atoms with Crippen LogP contribution < -0.4 is 0 Å². The molecule has 0 aromatic rings. The fourth-order valence-corrected chi connectivity index (χ4v) is 0.360. The third-order valence-corrected chi connectivity index (χ3v) is 1.44. The molecule has 0 aromatic heterocycles. The van der Waals surface area contributed by atoms with E-state index >= 15 is 0 Å². The van der Waals surface area contributed by atoms with Crippen LogP contribution in [0.15, 0.2) is 0 Å². The molecular formula is C10H23NO2. The third-order valence-electron chi connectivity index (χ3n) is 1.44. The Bertz CT molecular complexity index is 113. The van der Waals surface area contributed by atoms with E-state index in [1.807, 2.05) is 0 Å². The zero-order chi connectivity index (χ0) is 10.7. The summed E-state index contributed by atoms with van der Waals surface area (Å²) in [4.78, 5) is 12.2. The Morgan fingerprint density at radius 1 is 1.31 bits per heavy atom. The van der Waals surface area contributed by atoms with E-state index in [1.165, 1.54) is 6.92 Å². The van der Waals surface area contributed by atoms with Crippen LogP contribution in [0.25, 0.3) is 0 Å². The van der Waals surface area contributed by atoms with Crippen LogP contribution in [0, 0.1) is 0 Å². The number of ether oxygens (including phenoxy) is 1. The van der Waals surface area contributed by atoms with Gasteiger partial charge >= 0.3 is 5.97 Å². The maximum atomic E-state index is 10.1. The van der Waals surface area contributed by atoms with Gasteiger partial charge < -0.3 is 9.64 Å². The van der Waals surface area contributed by atoms with Crippen LogP contribution in [-0.4, -0.2) is 38.1 Å². The predicted octanol–water partition coefficient (Wildman–Crippen LogP) is 1.92. The van der Waals surface area contributed by atoms with Crippen LogP contribution in [0.2, 0.25) is 0 Å². The van der Waals surface area contributed by atoms with Crippen LogP contribution in [0.4, 0.5) is 0 Å². The highest BCUT2D eigenvalue weighted by Crippen LogP contribution is 1.86. The van der Waals surface area contributed by atoms with Crippen LogP contribution in [0.3, 0.4) is 0 Å². The van der Waals surface area contributed by atoms with Gasteiger partial charge in [0.15, 0.2) is 0 Å². The Morgan fingerprint density at radius 2 is 1.77 bits per heavy atom. The maximum Gasteiger partial charge on any atom is 0.302 e. The zero-order valence-corrected chi connectivity index (χ0v) is 9.59. The van der Waals surface area contributed by atoms with Gasteiger partial charge in [-0.2, -0.15) is 0 Å². The average molecular weight is 189 g/mol. The van der Waals surface area contributed by atoms with Crippen molar-refractivity contribution in [3.63, 3.8) is 0 Å². The fraction of sp³-hybridized carbons (Fsp3) is 0.900. The topological polar surface area (TPSA) is 29.5 Å². The van der Waals surface area contributed by atoms with E-state index in [1.54, 1.807) is 0 Å². The van der Waals surface area contributed by atoms with Crippen molar-refractivity contribution >= 4 is 5.97 Å². The first-order valence-electron chi connectivity index (χ1n) is 4.82. The van der Waals surface area contributed by atoms with Gasteiger partial charge in [-0.25, -0.2) is 0 Å². The highest BCUT2D eigenvalue weighted by atomic mass is 16.5. The first kappa shape index (κ1) is 14.9. The minimum absolute atomic E-state index is 0.182. The second kappa shape index (κ2) is 11.4. The SMILES string of the molecule is CCCCOC(C)=O.CCN(C)C. The molecule has 0 aliphatic carbocycles. The van der Waals surface area contributed by atoms with Gasteiger partial charge in [0.25, 0.3) is 0 Å². The molecule has 0 saturated heterocycles. The summed E-state index contributed by atoms with van der Waals surface area (Å²) in [6, 6.07) is 0. The third kappa shape index (κ3) is 24.6. The zero-order valence-electron chi connectivity index (χ0n) is 9.59. The quantitative estimate of drug-likeness (QED) is 0.500. The predicted molar refractivity (Wildman–Crippen MR) is 55.8 cm³/mol. The minimum atomic E-state index is -0.182. The van der Waals surface area contributed by atoms with Crippen molar-refractivity contribution in [2.75, 3.05) is 27.2 Å². The summed E-state index contributed by atoms with van der Waals surface area (Å²) < 4.78 is 4.64. The molecule has 3 nitrogen and oxygen atoms in total. The summed E-state index contributed by atoms with van der Waals surface area (Å²) in [5.41, 5.74) is 0. The van der Waals surface area contributed by atoms with E-state index < -0.39 is 0 Å². The second-order valence-corrected chi connectivity index (χ2v) is 3.09. The lowest BCUT2D eigenvalue weighted by Gasteiger charge is -2.00. The Morgan fingerprint density at radius 3 is 2.00 bits per heavy atom. The molecule has 80 valence electrons. The molecule has 0 saturated carbocycles. The van der Waals surface area contributed by atoms with Gasteiger partial charge in [0, 0.05) is 6.92 Å². The number of hydrogen-bond acceptors (Lipinski definition) is 3. The van der Waals surface area contributed by atoms with Crippen molar-refractivity contribution in [2.45, 2.75) is 33.6 Å². The molecule has 0 aliphatic rings. The van der Waals surface area contributed by atoms with Crippen molar-refractivity contribution in [1.29, 1.82) is 0 Å². The van der Waals surface area contributed by atoms with Crippen molar-refractivity contribution in [1.82, 2.24) is 4.90 Å². The number of esters is 1. The first-order chi connectivity index (χ1) is 6.04. The summed E-state index contributed by atoms with van der Waals surface area (Å²) in [7, 11) is 4.11. The minimum Gasteiger partial charge on any atom is -0.466 e. The van der Waals surface area contributed by atoms with Gasteiger partial charge in [-0.15, -0.1) is 0 Å². The van der Waals surface area contributed by atoms with E-state index in [0.29, 0.717) is 6.61 Å². The van der Waals surface area contributed by atoms with Gasteiger partial charge in [0.1, 0.15) is 0 Å². The molecule has 3 heteroatoms. The molecule has 0 aliphatic heterocycles. The highest BCUT2D eigenvalue weighted by Gasteiger charge is 1.88. The number of hydrogen-bond donors (Lipinski definition) is 0. The Hall–Kier alpha value is -0.570. The number of nitrogens with zero attached hydrogens (tertiary/aromatic N) is 1. The Balaban J connectivity index is 0. The summed E-state index contributed by atoms with van der Waals surface area (Å²) >= 11 is 0. The fourth-order valence-electron chi connectivity index (χ4n) is 0.360. The van der Waals surface area contributed by atoms with Crippen molar-refractivity contribution in [3.05, 3.63) is 0 Å². The highest BCUT2D eigenvalue weighted by molar-refractivity contribution is 5.65. The average Bonchev–Trinajstić information content (AvgIpc) is 2.05. The Kier molecular flexibility index (Phi) is 13.1. The van der Waals surface area contributed by atoms with Crippen LogP contribution in [-0.2, 0) is 9.53 Å². The molecule has 0 heterocycles. The van der Waals surface area contributed by atoms with Gasteiger partial charge in [-0.05, 0) is 27.1 Å². The maximum absolute atomic E-state index is 10.1. The van der Waals surface area contributed by atoms with E-state index in [4.69, 9.17) is 0 Å². The monoisotopic (exact) mass is 189 g/mol. The summed E-state index contributed by atoms with van der Waals surface area (Å²) in [5.74, 6) is -0.182. The van der Waals surface area contributed by atoms with Crippen molar-refractivity contribution in [2.24, 2.45) is 0 Å². The lowest BCUT2D eigenvalue weighted by atomic mass is 10.4. The van der Waals surface area contributed by atoms with Crippen molar-refractivity contribution in [3.8, 4) is 0 Å². The second-order valence-electron chi connectivity index (χ2n) is 3.09. The van der Waals surface area contributed by atoms with E-state index in [2.05, 4.69) is 37.6 Å². The molecule has 0 aromatic carbocycles. The number of rotatable bonds is 4. The lowest BCUT2D eigenvalue weighted by molar-refractivity contribution is -0.141. The molecule has 13 heavy (non-hydrogen) atoms. The van der Waals surface area contributed by atoms with E-state index in [9.17, 15) is 4.79 Å². The van der Waals surface area contributed by atoms with Crippen molar-refractivity contribution < 1.29 is 9.53 Å². The first-order valence-corrected chi connectivity index (χ1v) is 4.82.